The quantitative estimate of drug-likeness (QED) is 0.720. The first kappa shape index (κ1) is 15.0. The van der Waals surface area contributed by atoms with Gasteiger partial charge in [-0.25, -0.2) is 4.98 Å². The Bertz CT molecular complexity index is 675. The molecule has 2 rings (SSSR count). The zero-order valence-corrected chi connectivity index (χ0v) is 14.3. The number of aromatic nitrogens is 2. The Labute approximate surface area is 136 Å². The molecule has 2 aromatic rings. The van der Waals surface area contributed by atoms with Crippen LogP contribution >= 0.6 is 50.1 Å². The SMILES string of the molecule is COCc1nc(-c2ccc(Cl)c(Br)c2)[nH]c(=O)c1I. The highest BCUT2D eigenvalue weighted by Crippen LogP contribution is 2.27. The summed E-state index contributed by atoms with van der Waals surface area (Å²) >= 11 is 11.3. The molecule has 4 nitrogen and oxygen atoms in total. The first-order valence-corrected chi connectivity index (χ1v) is 7.51. The number of nitrogens with zero attached hydrogens (tertiary/aromatic N) is 1. The first-order chi connectivity index (χ1) is 9.02. The van der Waals surface area contributed by atoms with E-state index in [2.05, 4.69) is 25.9 Å². The maximum Gasteiger partial charge on any atom is 0.264 e. The van der Waals surface area contributed by atoms with Crippen molar-refractivity contribution < 1.29 is 4.74 Å². The van der Waals surface area contributed by atoms with E-state index >= 15 is 0 Å². The van der Waals surface area contributed by atoms with Crippen LogP contribution in [-0.4, -0.2) is 17.1 Å². The van der Waals surface area contributed by atoms with Crippen LogP contribution in [0.25, 0.3) is 11.4 Å². The van der Waals surface area contributed by atoms with Crippen molar-refractivity contribution in [3.63, 3.8) is 0 Å². The van der Waals surface area contributed by atoms with E-state index in [9.17, 15) is 4.79 Å². The minimum Gasteiger partial charge on any atom is -0.378 e. The number of rotatable bonds is 3. The molecule has 1 aromatic carbocycles. The molecule has 0 saturated heterocycles. The largest absolute Gasteiger partial charge is 0.378 e. The molecule has 0 aliphatic rings. The van der Waals surface area contributed by atoms with Crippen LogP contribution in [-0.2, 0) is 11.3 Å². The lowest BCUT2D eigenvalue weighted by atomic mass is 10.2. The van der Waals surface area contributed by atoms with Crippen molar-refractivity contribution in [3.8, 4) is 11.4 Å². The molecule has 19 heavy (non-hydrogen) atoms. The lowest BCUT2D eigenvalue weighted by molar-refractivity contribution is 0.180. The molecule has 0 unspecified atom stereocenters. The molecule has 0 spiro atoms. The number of benzene rings is 1. The Morgan fingerprint density at radius 3 is 2.89 bits per heavy atom. The van der Waals surface area contributed by atoms with E-state index in [1.165, 1.54) is 0 Å². The highest BCUT2D eigenvalue weighted by Gasteiger charge is 2.11. The van der Waals surface area contributed by atoms with Crippen molar-refractivity contribution in [2.75, 3.05) is 7.11 Å². The Morgan fingerprint density at radius 2 is 2.26 bits per heavy atom. The molecule has 0 fully saturated rings. The Morgan fingerprint density at radius 1 is 1.53 bits per heavy atom. The van der Waals surface area contributed by atoms with Gasteiger partial charge in [-0.2, -0.15) is 0 Å². The normalized spacial score (nSPS) is 10.7. The zero-order chi connectivity index (χ0) is 14.0. The van der Waals surface area contributed by atoms with Gasteiger partial charge in [0.2, 0.25) is 0 Å². The van der Waals surface area contributed by atoms with Crippen molar-refractivity contribution in [1.29, 1.82) is 0 Å². The molecule has 0 bridgehead atoms. The average molecular weight is 455 g/mol. The minimum atomic E-state index is -0.177. The fourth-order valence-electron chi connectivity index (χ4n) is 1.52. The summed E-state index contributed by atoms with van der Waals surface area (Å²) in [6.07, 6.45) is 0. The molecule has 1 aromatic heterocycles. The molecular formula is C12H9BrClIN2O2. The van der Waals surface area contributed by atoms with Gasteiger partial charge in [-0.1, -0.05) is 11.6 Å². The van der Waals surface area contributed by atoms with Gasteiger partial charge in [0.1, 0.15) is 9.39 Å². The van der Waals surface area contributed by atoms with Crippen molar-refractivity contribution in [1.82, 2.24) is 9.97 Å². The van der Waals surface area contributed by atoms with E-state index in [0.29, 0.717) is 26.7 Å². The Kier molecular flexibility index (Phi) is 4.99. The zero-order valence-electron chi connectivity index (χ0n) is 9.84. The maximum absolute atomic E-state index is 11.9. The number of halogens is 3. The van der Waals surface area contributed by atoms with Crippen LogP contribution in [0.2, 0.25) is 5.02 Å². The van der Waals surface area contributed by atoms with Crippen molar-refractivity contribution in [2.24, 2.45) is 0 Å². The summed E-state index contributed by atoms with van der Waals surface area (Å²) in [5.41, 5.74) is 1.22. The highest BCUT2D eigenvalue weighted by atomic mass is 127. The fraction of sp³-hybridized carbons (Fsp3) is 0.167. The van der Waals surface area contributed by atoms with Crippen LogP contribution < -0.4 is 5.56 Å². The predicted octanol–water partition coefficient (Wildman–Crippen LogP) is 3.60. The number of hydrogen-bond acceptors (Lipinski definition) is 3. The van der Waals surface area contributed by atoms with Crippen molar-refractivity contribution in [3.05, 3.63) is 47.3 Å². The molecule has 0 amide bonds. The van der Waals surface area contributed by atoms with Gasteiger partial charge in [-0.05, 0) is 56.7 Å². The lowest BCUT2D eigenvalue weighted by Crippen LogP contribution is -2.16. The van der Waals surface area contributed by atoms with E-state index in [1.54, 1.807) is 19.2 Å². The molecule has 0 radical (unpaired) electrons. The molecule has 100 valence electrons. The number of aromatic amines is 1. The summed E-state index contributed by atoms with van der Waals surface area (Å²) in [6.45, 7) is 0.296. The van der Waals surface area contributed by atoms with Crippen LogP contribution in [0.1, 0.15) is 5.69 Å². The number of methoxy groups -OCH3 is 1. The van der Waals surface area contributed by atoms with Gasteiger partial charge in [0.15, 0.2) is 0 Å². The summed E-state index contributed by atoms with van der Waals surface area (Å²) in [7, 11) is 1.57. The second-order valence-electron chi connectivity index (χ2n) is 3.74. The Balaban J connectivity index is 2.56. The van der Waals surface area contributed by atoms with Gasteiger partial charge < -0.3 is 9.72 Å². The van der Waals surface area contributed by atoms with Gasteiger partial charge in [0, 0.05) is 17.1 Å². The molecule has 7 heteroatoms. The summed E-state index contributed by atoms with van der Waals surface area (Å²) in [5, 5.41) is 0.605. The molecule has 0 aliphatic carbocycles. The molecular weight excluding hydrogens is 446 g/mol. The molecule has 1 heterocycles. The summed E-state index contributed by atoms with van der Waals surface area (Å²) < 4.78 is 6.34. The number of ether oxygens (including phenoxy) is 1. The summed E-state index contributed by atoms with van der Waals surface area (Å²) in [4.78, 5) is 19.0. The third-order valence-electron chi connectivity index (χ3n) is 2.41. The lowest BCUT2D eigenvalue weighted by Gasteiger charge is -2.07. The highest BCUT2D eigenvalue weighted by molar-refractivity contribution is 14.1. The van der Waals surface area contributed by atoms with Gasteiger partial charge >= 0.3 is 0 Å². The van der Waals surface area contributed by atoms with Crippen LogP contribution in [0.5, 0.6) is 0 Å². The van der Waals surface area contributed by atoms with Crippen LogP contribution in [0.15, 0.2) is 27.5 Å². The predicted molar refractivity (Wildman–Crippen MR) is 86.4 cm³/mol. The summed E-state index contributed by atoms with van der Waals surface area (Å²) in [6, 6.07) is 5.35. The van der Waals surface area contributed by atoms with Gasteiger partial charge in [0.25, 0.3) is 5.56 Å². The van der Waals surface area contributed by atoms with Gasteiger partial charge in [0.05, 0.1) is 17.3 Å². The third kappa shape index (κ3) is 3.36. The number of nitrogens with one attached hydrogen (secondary N) is 1. The van der Waals surface area contributed by atoms with E-state index < -0.39 is 0 Å². The molecule has 0 saturated carbocycles. The smallest absolute Gasteiger partial charge is 0.264 e. The standard InChI is InChI=1S/C12H9BrClIN2O2/c1-19-5-9-10(15)12(18)17-11(16-9)6-2-3-8(14)7(13)4-6/h2-4H,5H2,1H3,(H,16,17,18). The average Bonchev–Trinajstić information content (AvgIpc) is 2.38. The van der Waals surface area contributed by atoms with E-state index in [4.69, 9.17) is 16.3 Å². The fourth-order valence-corrected chi connectivity index (χ4v) is 2.43. The maximum atomic E-state index is 11.9. The van der Waals surface area contributed by atoms with Gasteiger partial charge in [-0.3, -0.25) is 4.79 Å². The molecule has 0 aliphatic heterocycles. The van der Waals surface area contributed by atoms with Gasteiger partial charge in [-0.15, -0.1) is 0 Å². The first-order valence-electron chi connectivity index (χ1n) is 5.26. The minimum absolute atomic E-state index is 0.177. The third-order valence-corrected chi connectivity index (χ3v) is 4.73. The summed E-state index contributed by atoms with van der Waals surface area (Å²) in [5.74, 6) is 0.495. The molecule has 0 atom stereocenters. The Hall–Kier alpha value is -0.440. The number of H-pyrrole nitrogens is 1. The van der Waals surface area contributed by atoms with Crippen LogP contribution in [0.4, 0.5) is 0 Å². The number of hydrogen-bond donors (Lipinski definition) is 1. The van der Waals surface area contributed by atoms with E-state index in [-0.39, 0.29) is 5.56 Å². The molecule has 1 N–H and O–H groups in total. The van der Waals surface area contributed by atoms with Crippen LogP contribution in [0.3, 0.4) is 0 Å². The van der Waals surface area contributed by atoms with E-state index in [1.807, 2.05) is 28.7 Å². The van der Waals surface area contributed by atoms with Crippen molar-refractivity contribution in [2.45, 2.75) is 6.61 Å². The monoisotopic (exact) mass is 454 g/mol. The van der Waals surface area contributed by atoms with E-state index in [0.717, 1.165) is 10.0 Å². The van der Waals surface area contributed by atoms with Crippen LogP contribution in [0, 0.1) is 3.57 Å². The second-order valence-corrected chi connectivity index (χ2v) is 6.08. The second kappa shape index (κ2) is 6.34. The van der Waals surface area contributed by atoms with Crippen molar-refractivity contribution >= 4 is 50.1 Å². The topological polar surface area (TPSA) is 55.0 Å².